The first-order valence-corrected chi connectivity index (χ1v) is 8.04. The lowest BCUT2D eigenvalue weighted by molar-refractivity contribution is 0.0621. The van der Waals surface area contributed by atoms with E-state index in [1.807, 2.05) is 18.2 Å². The fourth-order valence-electron chi connectivity index (χ4n) is 3.44. The molecule has 3 aliphatic heterocycles. The molecule has 0 unspecified atom stereocenters. The third-order valence-corrected chi connectivity index (χ3v) is 5.45. The Balaban J connectivity index is 0.00000132. The first-order valence-electron chi connectivity index (χ1n) is 7.17. The predicted molar refractivity (Wildman–Crippen MR) is 87.3 cm³/mol. The Bertz CT molecular complexity index is 651. The molecule has 0 spiro atoms. The zero-order valence-electron chi connectivity index (χ0n) is 11.6. The standard InChI is InChI=1S/C15H17N3OS.ClH/c19-15(11-2-1-3-12-14(11)20-9-16-12)17-13-8-18-6-4-10(13)5-7-18;/h1-3,9-10,13H,4-8H2,(H,17,19);1H/t13-;/m1./s1. The van der Waals surface area contributed by atoms with Crippen LogP contribution in [0.25, 0.3) is 10.2 Å². The molecule has 1 aromatic carbocycles. The number of benzene rings is 1. The molecule has 0 aliphatic carbocycles. The van der Waals surface area contributed by atoms with Gasteiger partial charge < -0.3 is 10.2 Å². The fourth-order valence-corrected chi connectivity index (χ4v) is 4.24. The number of aromatic nitrogens is 1. The molecule has 4 nitrogen and oxygen atoms in total. The summed E-state index contributed by atoms with van der Waals surface area (Å²) in [4.78, 5) is 19.3. The van der Waals surface area contributed by atoms with Gasteiger partial charge in [0.05, 0.1) is 21.3 Å². The lowest BCUT2D eigenvalue weighted by Gasteiger charge is -2.44. The fraction of sp³-hybridized carbons (Fsp3) is 0.467. The van der Waals surface area contributed by atoms with Crippen molar-refractivity contribution in [3.63, 3.8) is 0 Å². The molecular formula is C15H18ClN3OS. The number of nitrogens with one attached hydrogen (secondary N) is 1. The number of thiazole rings is 1. The van der Waals surface area contributed by atoms with Crippen molar-refractivity contribution in [2.75, 3.05) is 19.6 Å². The molecule has 1 N–H and O–H groups in total. The molecule has 3 saturated heterocycles. The quantitative estimate of drug-likeness (QED) is 0.923. The molecule has 2 bridgehead atoms. The molecule has 1 aromatic heterocycles. The van der Waals surface area contributed by atoms with Crippen LogP contribution in [0.2, 0.25) is 0 Å². The number of hydrogen-bond donors (Lipinski definition) is 1. The summed E-state index contributed by atoms with van der Waals surface area (Å²) < 4.78 is 0.992. The van der Waals surface area contributed by atoms with E-state index in [0.29, 0.717) is 12.0 Å². The van der Waals surface area contributed by atoms with Crippen molar-refractivity contribution in [2.24, 2.45) is 5.92 Å². The lowest BCUT2D eigenvalue weighted by atomic mass is 9.84. The third-order valence-electron chi connectivity index (χ3n) is 4.57. The van der Waals surface area contributed by atoms with Crippen LogP contribution in [0.1, 0.15) is 23.2 Å². The Hall–Kier alpha value is -1.17. The number of rotatable bonds is 2. The summed E-state index contributed by atoms with van der Waals surface area (Å²) in [6, 6.07) is 6.08. The second-order valence-corrected chi connectivity index (χ2v) is 6.58. The molecule has 21 heavy (non-hydrogen) atoms. The molecule has 2 aromatic rings. The molecule has 1 atom stereocenters. The van der Waals surface area contributed by atoms with E-state index < -0.39 is 0 Å². The van der Waals surface area contributed by atoms with Crippen molar-refractivity contribution < 1.29 is 4.79 Å². The van der Waals surface area contributed by atoms with Crippen LogP contribution in [0, 0.1) is 5.92 Å². The monoisotopic (exact) mass is 323 g/mol. The highest BCUT2D eigenvalue weighted by Crippen LogP contribution is 2.28. The van der Waals surface area contributed by atoms with Crippen LogP contribution in [0.3, 0.4) is 0 Å². The number of nitrogens with zero attached hydrogens (tertiary/aromatic N) is 2. The predicted octanol–water partition coefficient (Wildman–Crippen LogP) is 2.54. The normalized spacial score (nSPS) is 27.3. The van der Waals surface area contributed by atoms with Gasteiger partial charge in [-0.25, -0.2) is 4.98 Å². The Morgan fingerprint density at radius 1 is 1.33 bits per heavy atom. The minimum atomic E-state index is 0. The lowest BCUT2D eigenvalue weighted by Crippen LogP contribution is -2.57. The van der Waals surface area contributed by atoms with E-state index in [1.54, 1.807) is 5.51 Å². The van der Waals surface area contributed by atoms with Gasteiger partial charge in [-0.3, -0.25) is 4.79 Å². The van der Waals surface area contributed by atoms with E-state index >= 15 is 0 Å². The first-order chi connectivity index (χ1) is 9.81. The Morgan fingerprint density at radius 2 is 2.14 bits per heavy atom. The van der Waals surface area contributed by atoms with Gasteiger partial charge in [-0.15, -0.1) is 23.7 Å². The van der Waals surface area contributed by atoms with Crippen LogP contribution in [0.4, 0.5) is 0 Å². The summed E-state index contributed by atoms with van der Waals surface area (Å²) in [5.41, 5.74) is 3.48. The van der Waals surface area contributed by atoms with E-state index in [4.69, 9.17) is 0 Å². The highest BCUT2D eigenvalue weighted by atomic mass is 35.5. The van der Waals surface area contributed by atoms with Crippen molar-refractivity contribution in [2.45, 2.75) is 18.9 Å². The summed E-state index contributed by atoms with van der Waals surface area (Å²) >= 11 is 1.54. The van der Waals surface area contributed by atoms with Gasteiger partial charge in [0, 0.05) is 12.6 Å². The summed E-state index contributed by atoms with van der Waals surface area (Å²) in [6.45, 7) is 3.40. The summed E-state index contributed by atoms with van der Waals surface area (Å²) in [6.07, 6.45) is 2.44. The maximum absolute atomic E-state index is 12.6. The smallest absolute Gasteiger partial charge is 0.253 e. The molecular weight excluding hydrogens is 306 g/mol. The second kappa shape index (κ2) is 5.91. The molecule has 4 heterocycles. The molecule has 1 amide bonds. The zero-order valence-corrected chi connectivity index (χ0v) is 13.3. The summed E-state index contributed by atoms with van der Waals surface area (Å²) in [5, 5.41) is 3.25. The van der Waals surface area contributed by atoms with Gasteiger partial charge >= 0.3 is 0 Å². The van der Waals surface area contributed by atoms with Crippen molar-refractivity contribution in [1.82, 2.24) is 15.2 Å². The van der Waals surface area contributed by atoms with Gasteiger partial charge in [0.2, 0.25) is 0 Å². The molecule has 6 heteroatoms. The minimum Gasteiger partial charge on any atom is -0.348 e. The topological polar surface area (TPSA) is 45.2 Å². The van der Waals surface area contributed by atoms with Crippen molar-refractivity contribution in [3.8, 4) is 0 Å². The van der Waals surface area contributed by atoms with E-state index in [2.05, 4.69) is 15.2 Å². The molecule has 112 valence electrons. The van der Waals surface area contributed by atoms with Crippen LogP contribution in [0.15, 0.2) is 23.7 Å². The van der Waals surface area contributed by atoms with Gasteiger partial charge in [-0.05, 0) is 44.0 Å². The summed E-state index contributed by atoms with van der Waals surface area (Å²) in [5.74, 6) is 0.711. The molecule has 5 rings (SSSR count). The number of halogens is 1. The number of carbonyl (C=O) groups excluding carboxylic acids is 1. The van der Waals surface area contributed by atoms with E-state index in [-0.39, 0.29) is 18.3 Å². The molecule has 0 radical (unpaired) electrons. The average Bonchev–Trinajstić information content (AvgIpc) is 2.96. The molecule has 0 saturated carbocycles. The van der Waals surface area contributed by atoms with Gasteiger partial charge in [-0.1, -0.05) is 6.07 Å². The number of fused-ring (bicyclic) bond motifs is 4. The average molecular weight is 324 g/mol. The van der Waals surface area contributed by atoms with Gasteiger partial charge in [-0.2, -0.15) is 0 Å². The second-order valence-electron chi connectivity index (χ2n) is 5.72. The van der Waals surface area contributed by atoms with Crippen LogP contribution < -0.4 is 5.32 Å². The maximum Gasteiger partial charge on any atom is 0.253 e. The number of piperidine rings is 3. The van der Waals surface area contributed by atoms with Crippen LogP contribution in [-0.2, 0) is 0 Å². The SMILES string of the molecule is Cl.O=C(N[C@@H]1CN2CCC1CC2)c1cccc2ncsc12. The summed E-state index contributed by atoms with van der Waals surface area (Å²) in [7, 11) is 0. The highest BCUT2D eigenvalue weighted by Gasteiger charge is 2.35. The Labute approximate surface area is 134 Å². The van der Waals surface area contributed by atoms with Crippen molar-refractivity contribution in [1.29, 1.82) is 0 Å². The Kier molecular flexibility index (Phi) is 4.15. The van der Waals surface area contributed by atoms with Crippen molar-refractivity contribution in [3.05, 3.63) is 29.3 Å². The van der Waals surface area contributed by atoms with Crippen LogP contribution >= 0.6 is 23.7 Å². The van der Waals surface area contributed by atoms with E-state index in [0.717, 1.165) is 22.3 Å². The molecule has 3 fully saturated rings. The van der Waals surface area contributed by atoms with Crippen molar-refractivity contribution >= 4 is 39.9 Å². The van der Waals surface area contributed by atoms with E-state index in [1.165, 1.54) is 37.3 Å². The maximum atomic E-state index is 12.6. The molecule has 3 aliphatic rings. The Morgan fingerprint density at radius 3 is 2.86 bits per heavy atom. The largest absolute Gasteiger partial charge is 0.348 e. The number of amides is 1. The van der Waals surface area contributed by atoms with Crippen LogP contribution in [0.5, 0.6) is 0 Å². The minimum absolute atomic E-state index is 0. The zero-order chi connectivity index (χ0) is 13.5. The third kappa shape index (κ3) is 2.65. The number of carbonyl (C=O) groups is 1. The number of hydrogen-bond acceptors (Lipinski definition) is 4. The highest BCUT2D eigenvalue weighted by molar-refractivity contribution is 7.17. The van der Waals surface area contributed by atoms with Gasteiger partial charge in [0.1, 0.15) is 0 Å². The van der Waals surface area contributed by atoms with Crippen LogP contribution in [-0.4, -0.2) is 41.5 Å². The first kappa shape index (κ1) is 14.8. The van der Waals surface area contributed by atoms with Gasteiger partial charge in [0.25, 0.3) is 5.91 Å². The van der Waals surface area contributed by atoms with E-state index in [9.17, 15) is 4.79 Å². The van der Waals surface area contributed by atoms with Gasteiger partial charge in [0.15, 0.2) is 0 Å².